The molecule has 0 atom stereocenters. The van der Waals surface area contributed by atoms with Crippen molar-refractivity contribution >= 4 is 28.4 Å². The number of aromatic nitrogens is 1. The van der Waals surface area contributed by atoms with Crippen LogP contribution in [0.25, 0.3) is 11.1 Å². The first-order valence-electron chi connectivity index (χ1n) is 5.74. The molecule has 0 bridgehead atoms. The maximum atomic E-state index is 11.9. The number of H-pyrrole nitrogens is 1. The second kappa shape index (κ2) is 5.85. The highest BCUT2D eigenvalue weighted by Crippen LogP contribution is 2.38. The third kappa shape index (κ3) is 2.43. The Morgan fingerprint density at radius 1 is 1.24 bits per heavy atom. The van der Waals surface area contributed by atoms with Gasteiger partial charge in [-0.2, -0.15) is 10.5 Å². The van der Waals surface area contributed by atoms with Crippen LogP contribution in [-0.4, -0.2) is 12.1 Å². The molecule has 0 saturated carbocycles. The largest absolute Gasteiger partial charge is 0.496 e. The number of nitrogens with one attached hydrogen (secondary N) is 1. The van der Waals surface area contributed by atoms with Crippen LogP contribution in [0.5, 0.6) is 5.75 Å². The zero-order valence-electron chi connectivity index (χ0n) is 10.9. The van der Waals surface area contributed by atoms with E-state index in [-0.39, 0.29) is 22.5 Å². The minimum Gasteiger partial charge on any atom is -0.496 e. The van der Waals surface area contributed by atoms with E-state index < -0.39 is 5.56 Å². The van der Waals surface area contributed by atoms with Crippen molar-refractivity contribution in [3.8, 4) is 29.0 Å². The lowest BCUT2D eigenvalue weighted by Gasteiger charge is -2.14. The molecule has 0 spiro atoms. The highest BCUT2D eigenvalue weighted by molar-refractivity contribution is 14.1. The second-order valence-electron chi connectivity index (χ2n) is 4.03. The molecule has 7 heteroatoms. The molecule has 21 heavy (non-hydrogen) atoms. The number of nitrogen functional groups attached to an aromatic ring is 1. The SMILES string of the molecule is COc1cccc(I)c1-c1c(C#N)c(N)[nH]c(=O)c1C#N. The summed E-state index contributed by atoms with van der Waals surface area (Å²) in [5, 5.41) is 18.6. The Morgan fingerprint density at radius 2 is 1.90 bits per heavy atom. The van der Waals surface area contributed by atoms with Crippen LogP contribution in [0.15, 0.2) is 23.0 Å². The average Bonchev–Trinajstić information content (AvgIpc) is 2.46. The van der Waals surface area contributed by atoms with Crippen molar-refractivity contribution in [3.63, 3.8) is 0 Å². The average molecular weight is 392 g/mol. The van der Waals surface area contributed by atoms with Gasteiger partial charge in [0.2, 0.25) is 0 Å². The molecule has 0 unspecified atom stereocenters. The fraction of sp³-hybridized carbons (Fsp3) is 0.0714. The van der Waals surface area contributed by atoms with Gasteiger partial charge in [-0.25, -0.2) is 0 Å². The Hall–Kier alpha value is -2.52. The van der Waals surface area contributed by atoms with Gasteiger partial charge in [0.25, 0.3) is 5.56 Å². The maximum absolute atomic E-state index is 11.9. The second-order valence-corrected chi connectivity index (χ2v) is 5.20. The van der Waals surface area contributed by atoms with Gasteiger partial charge in [0.05, 0.1) is 7.11 Å². The Morgan fingerprint density at radius 3 is 2.48 bits per heavy atom. The molecule has 0 aliphatic heterocycles. The van der Waals surface area contributed by atoms with E-state index in [1.807, 2.05) is 12.1 Å². The summed E-state index contributed by atoms with van der Waals surface area (Å²) in [7, 11) is 1.48. The van der Waals surface area contributed by atoms with Gasteiger partial charge in [-0.15, -0.1) is 0 Å². The summed E-state index contributed by atoms with van der Waals surface area (Å²) >= 11 is 2.05. The van der Waals surface area contributed by atoms with Crippen LogP contribution in [0, 0.1) is 26.2 Å². The molecular weight excluding hydrogens is 383 g/mol. The summed E-state index contributed by atoms with van der Waals surface area (Å²) in [6, 6.07) is 9.03. The third-order valence-electron chi connectivity index (χ3n) is 2.91. The molecule has 6 nitrogen and oxygen atoms in total. The molecule has 1 aromatic heterocycles. The predicted octanol–water partition coefficient (Wildman–Crippen LogP) is 1.98. The number of nitriles is 2. The van der Waals surface area contributed by atoms with E-state index in [1.165, 1.54) is 7.11 Å². The number of ether oxygens (including phenoxy) is 1. The van der Waals surface area contributed by atoms with Crippen LogP contribution >= 0.6 is 22.6 Å². The number of pyridine rings is 1. The number of rotatable bonds is 2. The minimum absolute atomic E-state index is 0.0496. The summed E-state index contributed by atoms with van der Waals surface area (Å²) in [6.45, 7) is 0. The van der Waals surface area contributed by atoms with Gasteiger partial charge in [0.1, 0.15) is 34.8 Å². The number of hydrogen-bond acceptors (Lipinski definition) is 5. The fourth-order valence-electron chi connectivity index (χ4n) is 2.01. The van der Waals surface area contributed by atoms with Crippen molar-refractivity contribution in [3.05, 3.63) is 43.2 Å². The van der Waals surface area contributed by atoms with Crippen molar-refractivity contribution in [1.29, 1.82) is 10.5 Å². The topological polar surface area (TPSA) is 116 Å². The number of hydrogen-bond donors (Lipinski definition) is 2. The van der Waals surface area contributed by atoms with Crippen LogP contribution in [0.3, 0.4) is 0 Å². The molecular formula is C14H9IN4O2. The fourth-order valence-corrected chi connectivity index (χ4v) is 2.75. The van der Waals surface area contributed by atoms with Crippen molar-refractivity contribution < 1.29 is 4.74 Å². The molecule has 2 aromatic rings. The number of benzene rings is 1. The third-order valence-corrected chi connectivity index (χ3v) is 3.81. The molecule has 0 fully saturated rings. The minimum atomic E-state index is -0.634. The van der Waals surface area contributed by atoms with E-state index >= 15 is 0 Å². The lowest BCUT2D eigenvalue weighted by molar-refractivity contribution is 0.416. The highest BCUT2D eigenvalue weighted by Gasteiger charge is 2.22. The molecule has 1 heterocycles. The first-order valence-corrected chi connectivity index (χ1v) is 6.81. The summed E-state index contributed by atoms with van der Waals surface area (Å²) in [6.07, 6.45) is 0. The summed E-state index contributed by atoms with van der Waals surface area (Å²) in [5.74, 6) is 0.387. The predicted molar refractivity (Wildman–Crippen MR) is 85.6 cm³/mol. The highest BCUT2D eigenvalue weighted by atomic mass is 127. The van der Waals surface area contributed by atoms with Crippen LogP contribution < -0.4 is 16.0 Å². The number of nitrogens with two attached hydrogens (primary N) is 1. The quantitative estimate of drug-likeness (QED) is 0.759. The first-order chi connectivity index (χ1) is 10.0. The van der Waals surface area contributed by atoms with Crippen LogP contribution in [0.1, 0.15) is 11.1 Å². The lowest BCUT2D eigenvalue weighted by Crippen LogP contribution is -2.16. The molecule has 1 aromatic carbocycles. The Kier molecular flexibility index (Phi) is 4.15. The molecule has 0 radical (unpaired) electrons. The van der Waals surface area contributed by atoms with Crippen molar-refractivity contribution in [1.82, 2.24) is 4.98 Å². The lowest BCUT2D eigenvalue weighted by atomic mass is 9.96. The van der Waals surface area contributed by atoms with E-state index in [4.69, 9.17) is 10.5 Å². The van der Waals surface area contributed by atoms with Crippen LogP contribution in [-0.2, 0) is 0 Å². The molecule has 2 rings (SSSR count). The zero-order chi connectivity index (χ0) is 15.6. The normalized spacial score (nSPS) is 9.71. The molecule has 0 saturated heterocycles. The van der Waals surface area contributed by atoms with Gasteiger partial charge < -0.3 is 15.5 Å². The summed E-state index contributed by atoms with van der Waals surface area (Å²) in [4.78, 5) is 14.2. The maximum Gasteiger partial charge on any atom is 0.268 e. The number of anilines is 1. The van der Waals surface area contributed by atoms with Gasteiger partial charge in [0, 0.05) is 14.7 Å². The van der Waals surface area contributed by atoms with E-state index in [2.05, 4.69) is 27.6 Å². The van der Waals surface area contributed by atoms with Crippen molar-refractivity contribution in [2.24, 2.45) is 0 Å². The molecule has 0 aliphatic rings. The zero-order valence-corrected chi connectivity index (χ0v) is 13.1. The molecule has 0 aliphatic carbocycles. The van der Waals surface area contributed by atoms with Crippen LogP contribution in [0.2, 0.25) is 0 Å². The van der Waals surface area contributed by atoms with Gasteiger partial charge in [-0.05, 0) is 34.7 Å². The van der Waals surface area contributed by atoms with Crippen LogP contribution in [0.4, 0.5) is 5.82 Å². The molecule has 0 amide bonds. The number of methoxy groups -OCH3 is 1. The molecule has 104 valence electrons. The number of halogens is 1. The van der Waals surface area contributed by atoms with Crippen molar-refractivity contribution in [2.75, 3.05) is 12.8 Å². The van der Waals surface area contributed by atoms with E-state index in [0.717, 1.165) is 3.57 Å². The molecule has 3 N–H and O–H groups in total. The summed E-state index contributed by atoms with van der Waals surface area (Å²) in [5.41, 5.74) is 5.66. The Balaban J connectivity index is 3.05. The van der Waals surface area contributed by atoms with E-state index in [1.54, 1.807) is 18.2 Å². The van der Waals surface area contributed by atoms with E-state index in [9.17, 15) is 15.3 Å². The summed E-state index contributed by atoms with van der Waals surface area (Å²) < 4.78 is 6.02. The van der Waals surface area contributed by atoms with Crippen molar-refractivity contribution in [2.45, 2.75) is 0 Å². The van der Waals surface area contributed by atoms with Gasteiger partial charge in [-0.1, -0.05) is 6.07 Å². The Bertz CT molecular complexity index is 859. The monoisotopic (exact) mass is 392 g/mol. The Labute approximate surface area is 133 Å². The standard InChI is InChI=1S/C14H9IN4O2/c1-21-10-4-2-3-9(15)12(10)11-7(5-16)13(18)19-14(20)8(11)6-17/h2-4H,1H3,(H3,18,19,20). The number of aromatic amines is 1. The van der Waals surface area contributed by atoms with E-state index in [0.29, 0.717) is 11.3 Å². The van der Waals surface area contributed by atoms with Gasteiger partial charge in [0.15, 0.2) is 0 Å². The van der Waals surface area contributed by atoms with Gasteiger partial charge >= 0.3 is 0 Å². The van der Waals surface area contributed by atoms with Gasteiger partial charge in [-0.3, -0.25) is 4.79 Å². The first kappa shape index (κ1) is 14.9. The smallest absolute Gasteiger partial charge is 0.268 e. The number of nitrogens with zero attached hydrogens (tertiary/aromatic N) is 2.